The van der Waals surface area contributed by atoms with Gasteiger partial charge in [-0.05, 0) is 13.0 Å². The van der Waals surface area contributed by atoms with Crippen LogP contribution in [0.15, 0.2) is 18.2 Å². The van der Waals surface area contributed by atoms with Gasteiger partial charge in [-0.3, -0.25) is 0 Å². The van der Waals surface area contributed by atoms with Gasteiger partial charge in [0.05, 0.1) is 0 Å². The third kappa shape index (κ3) is 3.30. The third-order valence-corrected chi connectivity index (χ3v) is 1.67. The molecular weight excluding hydrogens is 214 g/mol. The van der Waals surface area contributed by atoms with Gasteiger partial charge in [0.1, 0.15) is 11.6 Å². The van der Waals surface area contributed by atoms with E-state index in [2.05, 4.69) is 4.74 Å². The van der Waals surface area contributed by atoms with Crippen LogP contribution in [-0.4, -0.2) is 12.3 Å². The molecule has 2 N–H and O–H groups in total. The molecule has 1 rings (SSSR count). The van der Waals surface area contributed by atoms with Gasteiger partial charge in [-0.1, -0.05) is 0 Å². The predicted octanol–water partition coefficient (Wildman–Crippen LogP) is 2.74. The molecule has 0 heterocycles. The Morgan fingerprint density at radius 2 is 1.87 bits per heavy atom. The largest absolute Gasteiger partial charge is 0.481 e. The Kier molecular flexibility index (Phi) is 3.06. The number of benzene rings is 1. The van der Waals surface area contributed by atoms with Crippen LogP contribution in [0.25, 0.3) is 0 Å². The monoisotopic (exact) mass is 223 g/mol. The molecule has 0 aliphatic rings. The first-order valence-electron chi connectivity index (χ1n) is 4.08. The number of nitrogen functional groups attached to an aromatic ring is 1. The quantitative estimate of drug-likeness (QED) is 0.618. The van der Waals surface area contributed by atoms with Crippen molar-refractivity contribution in [3.8, 4) is 5.75 Å². The zero-order valence-electron chi connectivity index (χ0n) is 7.81. The minimum absolute atomic E-state index is 0.0133. The van der Waals surface area contributed by atoms with Crippen LogP contribution in [0.3, 0.4) is 0 Å². The molecule has 0 aromatic heterocycles. The average Bonchev–Trinajstić information content (AvgIpc) is 1.99. The fraction of sp³-hybridized carbons (Fsp3) is 0.333. The first-order chi connectivity index (χ1) is 6.79. The topological polar surface area (TPSA) is 35.2 Å². The highest BCUT2D eigenvalue weighted by molar-refractivity contribution is 5.44. The van der Waals surface area contributed by atoms with E-state index >= 15 is 0 Å². The maximum Gasteiger partial charge on any atom is 0.425 e. The Balaban J connectivity index is 2.81. The number of anilines is 1. The molecule has 0 saturated heterocycles. The van der Waals surface area contributed by atoms with E-state index in [0.29, 0.717) is 0 Å². The van der Waals surface area contributed by atoms with Crippen molar-refractivity contribution in [1.29, 1.82) is 0 Å². The summed E-state index contributed by atoms with van der Waals surface area (Å²) in [4.78, 5) is 0. The lowest BCUT2D eigenvalue weighted by atomic mass is 10.3. The maximum absolute atomic E-state index is 12.7. The van der Waals surface area contributed by atoms with Gasteiger partial charge in [-0.25, -0.2) is 4.39 Å². The van der Waals surface area contributed by atoms with Gasteiger partial charge in [0, 0.05) is 17.8 Å². The van der Waals surface area contributed by atoms with Crippen molar-refractivity contribution in [2.75, 3.05) is 5.73 Å². The second-order valence-electron chi connectivity index (χ2n) is 3.02. The summed E-state index contributed by atoms with van der Waals surface area (Å²) in [5.74, 6) is -0.975. The van der Waals surface area contributed by atoms with Gasteiger partial charge in [-0.15, -0.1) is 0 Å². The van der Waals surface area contributed by atoms with Crippen molar-refractivity contribution in [3.05, 3.63) is 24.0 Å². The molecule has 0 saturated carbocycles. The molecular formula is C9H9F4NO. The second-order valence-corrected chi connectivity index (χ2v) is 3.02. The minimum Gasteiger partial charge on any atom is -0.481 e. The minimum atomic E-state index is -4.49. The van der Waals surface area contributed by atoms with Crippen molar-refractivity contribution < 1.29 is 22.3 Å². The van der Waals surface area contributed by atoms with Crippen LogP contribution in [-0.2, 0) is 0 Å². The molecule has 2 nitrogen and oxygen atoms in total. The fourth-order valence-electron chi connectivity index (χ4n) is 0.923. The van der Waals surface area contributed by atoms with Gasteiger partial charge in [0.25, 0.3) is 0 Å². The molecule has 0 spiro atoms. The summed E-state index contributed by atoms with van der Waals surface area (Å²) in [6.07, 6.45) is -6.49. The van der Waals surface area contributed by atoms with Crippen molar-refractivity contribution in [2.45, 2.75) is 19.2 Å². The van der Waals surface area contributed by atoms with E-state index in [1.165, 1.54) is 0 Å². The fourth-order valence-corrected chi connectivity index (χ4v) is 0.923. The van der Waals surface area contributed by atoms with E-state index < -0.39 is 18.1 Å². The number of ether oxygens (including phenoxy) is 1. The molecule has 6 heteroatoms. The molecule has 0 aliphatic heterocycles. The summed E-state index contributed by atoms with van der Waals surface area (Å²) in [7, 11) is 0. The van der Waals surface area contributed by atoms with E-state index in [9.17, 15) is 17.6 Å². The predicted molar refractivity (Wildman–Crippen MR) is 47.0 cm³/mol. The van der Waals surface area contributed by atoms with Crippen LogP contribution in [0.1, 0.15) is 6.92 Å². The SMILES string of the molecule is CC(Oc1cc(N)cc(F)c1)C(F)(F)F. The van der Waals surface area contributed by atoms with Crippen LogP contribution >= 0.6 is 0 Å². The Hall–Kier alpha value is -1.46. The summed E-state index contributed by atoms with van der Waals surface area (Å²) in [6, 6.07) is 2.97. The normalized spacial score (nSPS) is 13.7. The second kappa shape index (κ2) is 3.96. The van der Waals surface area contributed by atoms with E-state index in [1.807, 2.05) is 0 Å². The smallest absolute Gasteiger partial charge is 0.425 e. The highest BCUT2D eigenvalue weighted by atomic mass is 19.4. The molecule has 0 bridgehead atoms. The number of hydrogen-bond acceptors (Lipinski definition) is 2. The van der Waals surface area contributed by atoms with E-state index in [1.54, 1.807) is 0 Å². The molecule has 0 fully saturated rings. The molecule has 1 aromatic rings. The maximum atomic E-state index is 12.7. The number of nitrogens with two attached hydrogens (primary N) is 1. The number of rotatable bonds is 2. The lowest BCUT2D eigenvalue weighted by Gasteiger charge is -2.17. The molecule has 0 radical (unpaired) electrons. The number of hydrogen-bond donors (Lipinski definition) is 1. The highest BCUT2D eigenvalue weighted by Gasteiger charge is 2.38. The van der Waals surface area contributed by atoms with Gasteiger partial charge >= 0.3 is 6.18 Å². The Labute approximate surface area is 83.6 Å². The van der Waals surface area contributed by atoms with Crippen molar-refractivity contribution >= 4 is 5.69 Å². The van der Waals surface area contributed by atoms with Gasteiger partial charge in [0.15, 0.2) is 6.10 Å². The number of alkyl halides is 3. The van der Waals surface area contributed by atoms with Crippen LogP contribution in [0, 0.1) is 5.82 Å². The highest BCUT2D eigenvalue weighted by Crippen LogP contribution is 2.26. The van der Waals surface area contributed by atoms with Crippen LogP contribution in [0.5, 0.6) is 5.75 Å². The molecule has 0 aliphatic carbocycles. The van der Waals surface area contributed by atoms with Gasteiger partial charge in [-0.2, -0.15) is 13.2 Å². The van der Waals surface area contributed by atoms with Crippen molar-refractivity contribution in [1.82, 2.24) is 0 Å². The van der Waals surface area contributed by atoms with Crippen molar-refractivity contribution in [2.24, 2.45) is 0 Å². The van der Waals surface area contributed by atoms with Crippen LogP contribution in [0.4, 0.5) is 23.2 Å². The van der Waals surface area contributed by atoms with E-state index in [0.717, 1.165) is 25.1 Å². The van der Waals surface area contributed by atoms with Crippen LogP contribution < -0.4 is 10.5 Å². The Bertz CT molecular complexity index is 330. The Morgan fingerprint density at radius 3 is 2.33 bits per heavy atom. The molecule has 1 unspecified atom stereocenters. The van der Waals surface area contributed by atoms with Crippen LogP contribution in [0.2, 0.25) is 0 Å². The molecule has 84 valence electrons. The van der Waals surface area contributed by atoms with E-state index in [4.69, 9.17) is 5.73 Å². The summed E-state index contributed by atoms with van der Waals surface area (Å²) < 4.78 is 53.5. The summed E-state index contributed by atoms with van der Waals surface area (Å²) >= 11 is 0. The third-order valence-electron chi connectivity index (χ3n) is 1.67. The summed E-state index contributed by atoms with van der Waals surface area (Å²) in [6.45, 7) is 0.834. The molecule has 1 aromatic carbocycles. The standard InChI is InChI=1S/C9H9F4NO/c1-5(9(11,12)13)15-8-3-6(10)2-7(14)4-8/h2-5H,14H2,1H3. The van der Waals surface area contributed by atoms with E-state index in [-0.39, 0.29) is 11.4 Å². The van der Waals surface area contributed by atoms with Gasteiger partial charge < -0.3 is 10.5 Å². The molecule has 1 atom stereocenters. The average molecular weight is 223 g/mol. The zero-order chi connectivity index (χ0) is 11.6. The first-order valence-corrected chi connectivity index (χ1v) is 4.08. The lowest BCUT2D eigenvalue weighted by Crippen LogP contribution is -2.31. The molecule has 15 heavy (non-hydrogen) atoms. The first kappa shape index (κ1) is 11.6. The number of halogens is 4. The Morgan fingerprint density at radius 1 is 1.27 bits per heavy atom. The summed E-state index contributed by atoms with van der Waals surface area (Å²) in [5.41, 5.74) is 5.26. The van der Waals surface area contributed by atoms with Crippen molar-refractivity contribution in [3.63, 3.8) is 0 Å². The lowest BCUT2D eigenvalue weighted by molar-refractivity contribution is -0.189. The summed E-state index contributed by atoms with van der Waals surface area (Å²) in [5, 5.41) is 0. The van der Waals surface area contributed by atoms with Gasteiger partial charge in [0.2, 0.25) is 0 Å². The zero-order valence-corrected chi connectivity index (χ0v) is 7.81. The molecule has 0 amide bonds.